The molecule has 6 nitrogen and oxygen atoms in total. The molecule has 0 saturated heterocycles. The second-order valence-corrected chi connectivity index (χ2v) is 6.61. The Morgan fingerprint density at radius 2 is 1.80 bits per heavy atom. The molecule has 25 heavy (non-hydrogen) atoms. The Hall–Kier alpha value is -2.41. The number of ether oxygens (including phenoxy) is 1. The minimum absolute atomic E-state index is 0.0166. The summed E-state index contributed by atoms with van der Waals surface area (Å²) in [5.74, 6) is -0.850. The van der Waals surface area contributed by atoms with Crippen LogP contribution in [0, 0.1) is 5.92 Å². The van der Waals surface area contributed by atoms with Gasteiger partial charge in [-0.2, -0.15) is 0 Å². The Bertz CT molecular complexity index is 764. The summed E-state index contributed by atoms with van der Waals surface area (Å²) in [6, 6.07) is 9.43. The summed E-state index contributed by atoms with van der Waals surface area (Å²) >= 11 is 3.08. The molecular weight excluding hydrogens is 390 g/mol. The van der Waals surface area contributed by atoms with Gasteiger partial charge in [-0.25, -0.2) is 4.79 Å². The van der Waals surface area contributed by atoms with Crippen molar-refractivity contribution in [3.05, 3.63) is 52.4 Å². The molecule has 0 aliphatic heterocycles. The van der Waals surface area contributed by atoms with Crippen molar-refractivity contribution in [1.82, 2.24) is 0 Å². The molecule has 0 saturated carbocycles. The highest BCUT2D eigenvalue weighted by Gasteiger charge is 2.15. The topological polar surface area (TPSA) is 85.6 Å². The standard InChI is InChI=1S/C18H18BrNO5/c1-11(2)9-17(22)20-13-5-3-12(4-6-13)14(21)10-24-18(23)15-7-8-16(19)25-15/h3-8,11H,9-10H2,1-2H3,(H,20,22). The molecule has 0 spiro atoms. The van der Waals surface area contributed by atoms with Gasteiger partial charge < -0.3 is 14.5 Å². The number of carbonyl (C=O) groups is 3. The fraction of sp³-hybridized carbons (Fsp3) is 0.278. The Morgan fingerprint density at radius 3 is 2.36 bits per heavy atom. The van der Waals surface area contributed by atoms with Gasteiger partial charge >= 0.3 is 5.97 Å². The summed E-state index contributed by atoms with van der Waals surface area (Å²) in [5.41, 5.74) is 0.995. The van der Waals surface area contributed by atoms with Gasteiger partial charge in [-0.15, -0.1) is 0 Å². The second-order valence-electron chi connectivity index (χ2n) is 5.83. The van der Waals surface area contributed by atoms with Crippen LogP contribution in [-0.2, 0) is 9.53 Å². The molecule has 132 valence electrons. The van der Waals surface area contributed by atoms with Crippen LogP contribution in [-0.4, -0.2) is 24.3 Å². The number of nitrogens with one attached hydrogen (secondary N) is 1. The molecule has 1 heterocycles. The van der Waals surface area contributed by atoms with Crippen LogP contribution in [0.4, 0.5) is 5.69 Å². The van der Waals surface area contributed by atoms with Crippen LogP contribution in [0.3, 0.4) is 0 Å². The van der Waals surface area contributed by atoms with Crippen LogP contribution in [0.1, 0.15) is 41.2 Å². The molecule has 0 bridgehead atoms. The van der Waals surface area contributed by atoms with Crippen molar-refractivity contribution in [1.29, 1.82) is 0 Å². The number of hydrogen-bond donors (Lipinski definition) is 1. The predicted octanol–water partition coefficient (Wildman–Crippen LogP) is 4.07. The Kier molecular flexibility index (Phi) is 6.52. The molecule has 0 atom stereocenters. The van der Waals surface area contributed by atoms with E-state index in [1.165, 1.54) is 6.07 Å². The maximum atomic E-state index is 12.1. The molecule has 7 heteroatoms. The largest absolute Gasteiger partial charge is 0.451 e. The molecule has 1 aromatic carbocycles. The maximum Gasteiger partial charge on any atom is 0.374 e. The van der Waals surface area contributed by atoms with E-state index in [4.69, 9.17) is 9.15 Å². The van der Waals surface area contributed by atoms with E-state index in [2.05, 4.69) is 21.2 Å². The lowest BCUT2D eigenvalue weighted by molar-refractivity contribution is -0.116. The van der Waals surface area contributed by atoms with Gasteiger partial charge in [0.05, 0.1) is 0 Å². The number of benzene rings is 1. The number of amides is 1. The highest BCUT2D eigenvalue weighted by Crippen LogP contribution is 2.15. The summed E-state index contributed by atoms with van der Waals surface area (Å²) in [6.45, 7) is 3.53. The van der Waals surface area contributed by atoms with Crippen molar-refractivity contribution in [3.8, 4) is 0 Å². The first-order chi connectivity index (χ1) is 11.8. The summed E-state index contributed by atoms with van der Waals surface area (Å²) < 4.78 is 10.4. The van der Waals surface area contributed by atoms with Crippen molar-refractivity contribution in [2.45, 2.75) is 20.3 Å². The van der Waals surface area contributed by atoms with Crippen LogP contribution in [0.25, 0.3) is 0 Å². The van der Waals surface area contributed by atoms with Gasteiger partial charge in [-0.05, 0) is 58.2 Å². The lowest BCUT2D eigenvalue weighted by Crippen LogP contribution is -2.15. The molecule has 0 fully saturated rings. The predicted molar refractivity (Wildman–Crippen MR) is 95.5 cm³/mol. The van der Waals surface area contributed by atoms with E-state index in [9.17, 15) is 14.4 Å². The average Bonchev–Trinajstić information content (AvgIpc) is 2.98. The van der Waals surface area contributed by atoms with Gasteiger partial charge in [0.15, 0.2) is 17.1 Å². The van der Waals surface area contributed by atoms with Gasteiger partial charge in [-0.3, -0.25) is 9.59 Å². The Balaban J connectivity index is 1.87. The molecule has 2 rings (SSSR count). The van der Waals surface area contributed by atoms with E-state index >= 15 is 0 Å². The normalized spacial score (nSPS) is 10.6. The van der Waals surface area contributed by atoms with Crippen molar-refractivity contribution < 1.29 is 23.5 Å². The smallest absolute Gasteiger partial charge is 0.374 e. The lowest BCUT2D eigenvalue weighted by Gasteiger charge is -2.08. The van der Waals surface area contributed by atoms with Crippen LogP contribution in [0.15, 0.2) is 45.5 Å². The molecule has 1 N–H and O–H groups in total. The zero-order valence-electron chi connectivity index (χ0n) is 13.9. The molecule has 1 aromatic heterocycles. The fourth-order valence-corrected chi connectivity index (χ4v) is 2.34. The summed E-state index contributed by atoms with van der Waals surface area (Å²) in [7, 11) is 0. The number of anilines is 1. The highest BCUT2D eigenvalue weighted by atomic mass is 79.9. The zero-order chi connectivity index (χ0) is 18.4. The first-order valence-electron chi connectivity index (χ1n) is 7.70. The number of hydrogen-bond acceptors (Lipinski definition) is 5. The number of carbonyl (C=O) groups excluding carboxylic acids is 3. The van der Waals surface area contributed by atoms with Gasteiger partial charge in [0.1, 0.15) is 0 Å². The van der Waals surface area contributed by atoms with Crippen molar-refractivity contribution in [2.75, 3.05) is 11.9 Å². The molecule has 2 aromatic rings. The van der Waals surface area contributed by atoms with Crippen molar-refractivity contribution in [3.63, 3.8) is 0 Å². The number of esters is 1. The van der Waals surface area contributed by atoms with E-state index in [0.717, 1.165) is 0 Å². The van der Waals surface area contributed by atoms with E-state index in [-0.39, 0.29) is 23.4 Å². The van der Waals surface area contributed by atoms with Crippen LogP contribution < -0.4 is 5.32 Å². The van der Waals surface area contributed by atoms with Crippen LogP contribution >= 0.6 is 15.9 Å². The third-order valence-electron chi connectivity index (χ3n) is 3.19. The third kappa shape index (κ3) is 5.86. The number of halogens is 1. The fourth-order valence-electron chi connectivity index (χ4n) is 2.03. The second kappa shape index (κ2) is 8.62. The minimum atomic E-state index is -0.711. The van der Waals surface area contributed by atoms with Crippen LogP contribution in [0.5, 0.6) is 0 Å². The maximum absolute atomic E-state index is 12.1. The first-order valence-corrected chi connectivity index (χ1v) is 8.50. The van der Waals surface area contributed by atoms with E-state index in [0.29, 0.717) is 22.3 Å². The highest BCUT2D eigenvalue weighted by molar-refractivity contribution is 9.10. The van der Waals surface area contributed by atoms with Gasteiger partial charge in [0.25, 0.3) is 0 Å². The van der Waals surface area contributed by atoms with Crippen molar-refractivity contribution >= 4 is 39.3 Å². The quantitative estimate of drug-likeness (QED) is 0.552. The number of ketones is 1. The monoisotopic (exact) mass is 407 g/mol. The Morgan fingerprint density at radius 1 is 1.12 bits per heavy atom. The Labute approximate surface area is 153 Å². The summed E-state index contributed by atoms with van der Waals surface area (Å²) in [5, 5.41) is 2.76. The van der Waals surface area contributed by atoms with Gasteiger partial charge in [0.2, 0.25) is 11.7 Å². The average molecular weight is 408 g/mol. The summed E-state index contributed by atoms with van der Waals surface area (Å²) in [6.07, 6.45) is 0.430. The molecule has 1 amide bonds. The number of rotatable bonds is 7. The molecule has 0 unspecified atom stereocenters. The van der Waals surface area contributed by atoms with Gasteiger partial charge in [0, 0.05) is 17.7 Å². The van der Waals surface area contributed by atoms with E-state index in [1.807, 2.05) is 13.8 Å². The summed E-state index contributed by atoms with van der Waals surface area (Å²) in [4.78, 5) is 35.5. The van der Waals surface area contributed by atoms with E-state index in [1.54, 1.807) is 30.3 Å². The number of Topliss-reactive ketones (excluding diaryl/α,β-unsaturated/α-hetero) is 1. The third-order valence-corrected chi connectivity index (χ3v) is 3.62. The van der Waals surface area contributed by atoms with Crippen LogP contribution in [0.2, 0.25) is 0 Å². The molecule has 0 aliphatic carbocycles. The zero-order valence-corrected chi connectivity index (χ0v) is 15.5. The van der Waals surface area contributed by atoms with E-state index < -0.39 is 12.6 Å². The molecular formula is C18H18BrNO5. The first kappa shape index (κ1) is 18.9. The SMILES string of the molecule is CC(C)CC(=O)Nc1ccc(C(=O)COC(=O)c2ccc(Br)o2)cc1. The minimum Gasteiger partial charge on any atom is -0.451 e. The van der Waals surface area contributed by atoms with Gasteiger partial charge in [-0.1, -0.05) is 13.8 Å². The molecule has 0 aliphatic rings. The van der Waals surface area contributed by atoms with Crippen molar-refractivity contribution in [2.24, 2.45) is 5.92 Å². The number of furan rings is 1. The molecule has 0 radical (unpaired) electrons. The lowest BCUT2D eigenvalue weighted by atomic mass is 10.1.